The van der Waals surface area contributed by atoms with Gasteiger partial charge in [-0.3, -0.25) is 9.97 Å². The molecule has 3 unspecified atom stereocenters. The van der Waals surface area contributed by atoms with Crippen molar-refractivity contribution in [3.8, 4) is 27.2 Å². The number of nitrogens with one attached hydrogen (secondary N) is 4. The molecule has 6 heterocycles. The van der Waals surface area contributed by atoms with Crippen LogP contribution in [0.25, 0.3) is 41.6 Å². The number of pyridine rings is 2. The second-order valence-electron chi connectivity index (χ2n) is 17.3. The molecular weight excluding hydrogens is 903 g/mol. The largest absolute Gasteiger partial charge is 0.396 e. The third-order valence-electron chi connectivity index (χ3n) is 12.2. The number of hydrogen-bond donors (Lipinski definition) is 7. The maximum Gasteiger partial charge on any atom is 0.342 e. The van der Waals surface area contributed by atoms with Crippen molar-refractivity contribution in [1.82, 2.24) is 39.9 Å². The van der Waals surface area contributed by atoms with E-state index in [1.165, 1.54) is 11.3 Å². The number of aryl methyl sites for hydroxylation is 4. The predicted molar refractivity (Wildman–Crippen MR) is 268 cm³/mol. The van der Waals surface area contributed by atoms with Crippen molar-refractivity contribution in [2.24, 2.45) is 11.8 Å². The Hall–Kier alpha value is -5.72. The molecule has 0 aromatic carbocycles. The number of thiazole rings is 2. The van der Waals surface area contributed by atoms with Gasteiger partial charge < -0.3 is 36.4 Å². The Morgan fingerprint density at radius 3 is 1.87 bits per heavy atom. The fourth-order valence-corrected chi connectivity index (χ4v) is 10.2. The molecule has 18 nitrogen and oxygen atoms in total. The Labute approximate surface area is 404 Å². The summed E-state index contributed by atoms with van der Waals surface area (Å²) >= 11 is 3.12. The van der Waals surface area contributed by atoms with Gasteiger partial charge in [-0.05, 0) is 89.2 Å². The van der Waals surface area contributed by atoms with Crippen molar-refractivity contribution in [3.05, 3.63) is 47.3 Å². The molecule has 3 fully saturated rings. The summed E-state index contributed by atoms with van der Waals surface area (Å²) in [7, 11) is 0. The van der Waals surface area contributed by atoms with Crippen LogP contribution in [-0.4, -0.2) is 99.2 Å². The van der Waals surface area contributed by atoms with E-state index < -0.39 is 5.97 Å². The lowest BCUT2D eigenvalue weighted by atomic mass is 10.0. The van der Waals surface area contributed by atoms with Crippen LogP contribution in [0.15, 0.2) is 24.5 Å². The molecule has 7 N–H and O–H groups in total. The second-order valence-corrected chi connectivity index (χ2v) is 19.4. The van der Waals surface area contributed by atoms with E-state index in [0.29, 0.717) is 72.7 Å². The molecule has 3 aliphatic carbocycles. The van der Waals surface area contributed by atoms with Gasteiger partial charge in [0.05, 0.1) is 55.8 Å². The molecule has 0 spiro atoms. The molecule has 20 heteroatoms. The summed E-state index contributed by atoms with van der Waals surface area (Å²) in [5.41, 5.74) is 6.54. The lowest BCUT2D eigenvalue weighted by molar-refractivity contribution is -0.234. The number of rotatable bonds is 20. The van der Waals surface area contributed by atoms with Crippen molar-refractivity contribution < 1.29 is 25.2 Å². The lowest BCUT2D eigenvalue weighted by Crippen LogP contribution is -2.19. The average Bonchev–Trinajstić information content (AvgIpc) is 4.19. The summed E-state index contributed by atoms with van der Waals surface area (Å²) in [6.45, 7) is 11.1. The van der Waals surface area contributed by atoms with Crippen molar-refractivity contribution in [3.63, 3.8) is 0 Å². The van der Waals surface area contributed by atoms with Gasteiger partial charge in [0.1, 0.15) is 32.7 Å². The summed E-state index contributed by atoms with van der Waals surface area (Å²) in [6.07, 6.45) is 14.1. The monoisotopic (exact) mass is 965 g/mol. The van der Waals surface area contributed by atoms with Gasteiger partial charge in [-0.1, -0.05) is 27.2 Å². The number of fused-ring (bicyclic) bond motifs is 2. The minimum Gasteiger partial charge on any atom is -0.396 e. The molecule has 0 saturated heterocycles. The molecule has 3 atom stereocenters. The summed E-state index contributed by atoms with van der Waals surface area (Å²) in [5, 5.41) is 52.1. The fraction of sp³-hybridized carbons (Fsp3) is 0.542. The van der Waals surface area contributed by atoms with Crippen LogP contribution in [0.1, 0.15) is 114 Å². The van der Waals surface area contributed by atoms with Gasteiger partial charge in [-0.15, -0.1) is 22.7 Å². The zero-order valence-electron chi connectivity index (χ0n) is 39.5. The molecule has 6 aromatic heterocycles. The Bertz CT molecular complexity index is 2680. The van der Waals surface area contributed by atoms with Crippen molar-refractivity contribution in [1.29, 1.82) is 5.26 Å². The zero-order valence-corrected chi connectivity index (χ0v) is 41.1. The minimum atomic E-state index is -0.711. The topological polar surface area (TPSA) is 262 Å². The maximum atomic E-state index is 11.4. The highest BCUT2D eigenvalue weighted by Gasteiger charge is 2.29. The Kier molecular flexibility index (Phi) is 17.7. The van der Waals surface area contributed by atoms with Gasteiger partial charge in [0, 0.05) is 69.5 Å². The summed E-state index contributed by atoms with van der Waals surface area (Å²) in [5.74, 6) is 2.65. The number of nitriles is 1. The van der Waals surface area contributed by atoms with Gasteiger partial charge in [0.25, 0.3) is 0 Å². The fourth-order valence-electron chi connectivity index (χ4n) is 8.06. The second kappa shape index (κ2) is 24.0. The van der Waals surface area contributed by atoms with Crippen LogP contribution in [0.5, 0.6) is 0 Å². The first-order valence-electron chi connectivity index (χ1n) is 23.9. The first kappa shape index (κ1) is 50.2. The summed E-state index contributed by atoms with van der Waals surface area (Å²) in [4.78, 5) is 52.8. The van der Waals surface area contributed by atoms with Crippen LogP contribution in [0.3, 0.4) is 0 Å². The highest BCUT2D eigenvalue weighted by Crippen LogP contribution is 2.40. The molecule has 362 valence electrons. The highest BCUT2D eigenvalue weighted by atomic mass is 32.1. The molecule has 3 saturated carbocycles. The first-order valence-corrected chi connectivity index (χ1v) is 25.5. The van der Waals surface area contributed by atoms with Crippen molar-refractivity contribution in [2.45, 2.75) is 136 Å². The van der Waals surface area contributed by atoms with Crippen LogP contribution >= 0.6 is 22.7 Å². The molecule has 0 bridgehead atoms. The number of nitrogens with zero attached hydrogens (tertiary/aromatic N) is 9. The Morgan fingerprint density at radius 1 is 0.794 bits per heavy atom. The van der Waals surface area contributed by atoms with Gasteiger partial charge in [0.2, 0.25) is 11.9 Å². The number of aromatic nitrogens is 8. The molecule has 0 radical (unpaired) electrons. The van der Waals surface area contributed by atoms with E-state index in [1.807, 2.05) is 39.8 Å². The van der Waals surface area contributed by atoms with Crippen LogP contribution in [0.2, 0.25) is 0 Å². The van der Waals surface area contributed by atoms with E-state index in [0.717, 1.165) is 117 Å². The quantitative estimate of drug-likeness (QED) is 0.0278. The number of carbonyl (C=O) groups excluding carboxylic acids is 1. The van der Waals surface area contributed by atoms with Crippen LogP contribution in [0, 0.1) is 37.0 Å². The van der Waals surface area contributed by atoms with Crippen LogP contribution in [0.4, 0.5) is 23.5 Å². The molecule has 3 aliphatic rings. The molecule has 6 aromatic rings. The molecule has 9 rings (SSSR count). The normalized spacial score (nSPS) is 16.8. The standard InChI is InChI=1S/C23H27N7OS.C23H30N6O4S.C2H6/c1-13-19(22-29-20-17(3-2-9-24)25-10-8-18(20)32-22)21(27-16-5-4-14(11-16)12-31)30-23(26-13)28-15-6-7-15;1-3-14(12-30)8-10-25-21-19(13(2)26-23(29-21)27-15-4-5-15)22-28-20-16(6-7-18(31)33-32)24-11-9-17(20)34-22;1-2/h8,10,14-16,31H,2-7,11-12H2,1H3,(H2,26,27,28,30);9,11,14-15,30,32H,3-8,10,12H2,1-2H3,(H2,25,26,27,29);1-2H3. The third-order valence-corrected chi connectivity index (χ3v) is 14.2. The minimum absolute atomic E-state index is 0.00933. The zero-order chi connectivity index (χ0) is 48.2. The predicted octanol–water partition coefficient (Wildman–Crippen LogP) is 8.89. The lowest BCUT2D eigenvalue weighted by Gasteiger charge is -2.18. The number of anilines is 4. The maximum absolute atomic E-state index is 11.4. The van der Waals surface area contributed by atoms with Crippen LogP contribution < -0.4 is 21.3 Å². The Balaban J connectivity index is 0.000000195. The molecule has 0 amide bonds. The molecular formula is C48H63N13O5S2. The van der Waals surface area contributed by atoms with Crippen molar-refractivity contribution in [2.75, 3.05) is 41.0 Å². The summed E-state index contributed by atoms with van der Waals surface area (Å²) in [6, 6.07) is 7.23. The van der Waals surface area contributed by atoms with E-state index in [1.54, 1.807) is 23.7 Å². The third kappa shape index (κ3) is 12.9. The van der Waals surface area contributed by atoms with Gasteiger partial charge >= 0.3 is 5.97 Å². The van der Waals surface area contributed by atoms with E-state index in [9.17, 15) is 15.0 Å². The van der Waals surface area contributed by atoms with Crippen molar-refractivity contribution >= 4 is 72.6 Å². The van der Waals surface area contributed by atoms with Gasteiger partial charge in [-0.25, -0.2) is 24.7 Å². The number of hydrogen-bond acceptors (Lipinski definition) is 20. The smallest absolute Gasteiger partial charge is 0.342 e. The SMILES string of the molecule is CC.CCC(CO)CCNc1nc(NC2CC2)nc(C)c1-c1nc2c(CCC(=O)OO)nccc2s1.Cc1nc(NC2CC2)nc(NC2CCC(CO)C2)c1-c1nc2c(CCC#N)nccc2s1. The number of carbonyl (C=O) groups is 1. The van der Waals surface area contributed by atoms with E-state index in [4.69, 9.17) is 35.4 Å². The first-order chi connectivity index (χ1) is 33.2. The highest BCUT2D eigenvalue weighted by molar-refractivity contribution is 7.22. The van der Waals surface area contributed by atoms with E-state index >= 15 is 0 Å². The van der Waals surface area contributed by atoms with Gasteiger partial charge in [-0.2, -0.15) is 20.5 Å². The average molecular weight is 966 g/mol. The van der Waals surface area contributed by atoms with Gasteiger partial charge in [0.15, 0.2) is 0 Å². The van der Waals surface area contributed by atoms with E-state index in [-0.39, 0.29) is 31.6 Å². The molecule has 0 aliphatic heterocycles. The van der Waals surface area contributed by atoms with E-state index in [2.05, 4.69) is 54.1 Å². The number of aliphatic hydroxyl groups is 2. The van der Waals surface area contributed by atoms with Crippen LogP contribution in [-0.2, 0) is 22.5 Å². The Morgan fingerprint density at radius 2 is 1.35 bits per heavy atom. The summed E-state index contributed by atoms with van der Waals surface area (Å²) < 4.78 is 1.99. The number of aliphatic hydroxyl groups excluding tert-OH is 2. The molecule has 68 heavy (non-hydrogen) atoms.